The van der Waals surface area contributed by atoms with E-state index in [1.54, 1.807) is 0 Å². The highest BCUT2D eigenvalue weighted by molar-refractivity contribution is 5.76. The van der Waals surface area contributed by atoms with Crippen molar-refractivity contribution in [1.82, 2.24) is 5.32 Å². The Morgan fingerprint density at radius 1 is 1.16 bits per heavy atom. The molecule has 0 saturated carbocycles. The van der Waals surface area contributed by atoms with Gasteiger partial charge >= 0.3 is 0 Å². The van der Waals surface area contributed by atoms with Crippen molar-refractivity contribution in [2.45, 2.75) is 26.8 Å². The van der Waals surface area contributed by atoms with Gasteiger partial charge in [0.05, 0.1) is 0 Å². The zero-order valence-corrected chi connectivity index (χ0v) is 11.6. The Morgan fingerprint density at radius 2 is 1.79 bits per heavy atom. The first-order valence-electron chi connectivity index (χ1n) is 6.73. The predicted octanol–water partition coefficient (Wildman–Crippen LogP) is 3.46. The second-order valence-electron chi connectivity index (χ2n) is 5.72. The van der Waals surface area contributed by atoms with Gasteiger partial charge in [0, 0.05) is 18.9 Å². The fourth-order valence-corrected chi connectivity index (χ4v) is 2.34. The lowest BCUT2D eigenvalue weighted by Crippen LogP contribution is -2.31. The van der Waals surface area contributed by atoms with Crippen LogP contribution in [0.1, 0.15) is 25.8 Å². The Hall–Kier alpha value is -1.83. The largest absolute Gasteiger partial charge is 0.352 e. The van der Waals surface area contributed by atoms with Gasteiger partial charge in [-0.2, -0.15) is 0 Å². The van der Waals surface area contributed by atoms with Gasteiger partial charge in [0.2, 0.25) is 5.91 Å². The second kappa shape index (κ2) is 5.87. The van der Waals surface area contributed by atoms with Crippen LogP contribution >= 0.6 is 0 Å². The molecule has 0 spiro atoms. The Morgan fingerprint density at radius 3 is 2.42 bits per heavy atom. The van der Waals surface area contributed by atoms with Gasteiger partial charge in [-0.1, -0.05) is 68.5 Å². The highest BCUT2D eigenvalue weighted by Crippen LogP contribution is 2.34. The molecule has 0 aromatic heterocycles. The molecule has 0 bridgehead atoms. The first-order valence-corrected chi connectivity index (χ1v) is 6.73. The molecule has 1 aliphatic carbocycles. The number of carbonyl (C=O) groups excluding carboxylic acids is 1. The van der Waals surface area contributed by atoms with Crippen molar-refractivity contribution in [3.63, 3.8) is 0 Å². The van der Waals surface area contributed by atoms with Gasteiger partial charge in [0.15, 0.2) is 0 Å². The van der Waals surface area contributed by atoms with Gasteiger partial charge in [-0.3, -0.25) is 4.79 Å². The van der Waals surface area contributed by atoms with Crippen LogP contribution in [0.4, 0.5) is 0 Å². The first-order chi connectivity index (χ1) is 9.08. The molecule has 2 rings (SSSR count). The van der Waals surface area contributed by atoms with Crippen LogP contribution in [0.15, 0.2) is 54.6 Å². The highest BCUT2D eigenvalue weighted by atomic mass is 16.1. The number of benzene rings is 1. The molecule has 2 nitrogen and oxygen atoms in total. The molecule has 1 N–H and O–H groups in total. The van der Waals surface area contributed by atoms with Crippen molar-refractivity contribution in [3.8, 4) is 0 Å². The molecule has 0 unspecified atom stereocenters. The SMILES string of the molecule is CC(C)(CC(=O)NCc1ccccc1)C1C=CC=C1. The molecule has 100 valence electrons. The highest BCUT2D eigenvalue weighted by Gasteiger charge is 2.29. The minimum atomic E-state index is -0.0374. The van der Waals surface area contributed by atoms with E-state index in [9.17, 15) is 4.79 Å². The van der Waals surface area contributed by atoms with Crippen LogP contribution in [-0.4, -0.2) is 5.91 Å². The summed E-state index contributed by atoms with van der Waals surface area (Å²) in [6, 6.07) is 9.99. The molecule has 0 saturated heterocycles. The van der Waals surface area contributed by atoms with Crippen LogP contribution < -0.4 is 5.32 Å². The summed E-state index contributed by atoms with van der Waals surface area (Å²) in [5, 5.41) is 2.99. The molecule has 2 heteroatoms. The van der Waals surface area contributed by atoms with Crippen molar-refractivity contribution in [2.24, 2.45) is 11.3 Å². The number of hydrogen-bond acceptors (Lipinski definition) is 1. The van der Waals surface area contributed by atoms with Gasteiger partial charge in [-0.25, -0.2) is 0 Å². The van der Waals surface area contributed by atoms with Crippen LogP contribution in [0.3, 0.4) is 0 Å². The maximum Gasteiger partial charge on any atom is 0.220 e. The first kappa shape index (κ1) is 13.6. The van der Waals surface area contributed by atoms with Crippen molar-refractivity contribution < 1.29 is 4.79 Å². The summed E-state index contributed by atoms with van der Waals surface area (Å²) in [5.41, 5.74) is 1.10. The molecule has 0 aliphatic heterocycles. The summed E-state index contributed by atoms with van der Waals surface area (Å²) in [7, 11) is 0. The molecule has 0 heterocycles. The summed E-state index contributed by atoms with van der Waals surface area (Å²) < 4.78 is 0. The van der Waals surface area contributed by atoms with Gasteiger partial charge < -0.3 is 5.32 Å². The van der Waals surface area contributed by atoms with E-state index in [0.29, 0.717) is 18.9 Å². The molecule has 1 aromatic carbocycles. The smallest absolute Gasteiger partial charge is 0.220 e. The van der Waals surface area contributed by atoms with E-state index >= 15 is 0 Å². The number of amides is 1. The van der Waals surface area contributed by atoms with Crippen molar-refractivity contribution >= 4 is 5.91 Å². The summed E-state index contributed by atoms with van der Waals surface area (Å²) in [5.74, 6) is 0.470. The van der Waals surface area contributed by atoms with Gasteiger partial charge in [0.25, 0.3) is 0 Å². The number of allylic oxidation sites excluding steroid dienone is 4. The third kappa shape index (κ3) is 3.82. The monoisotopic (exact) mass is 255 g/mol. The van der Waals surface area contributed by atoms with Gasteiger partial charge in [-0.15, -0.1) is 0 Å². The van der Waals surface area contributed by atoms with E-state index in [4.69, 9.17) is 0 Å². The topological polar surface area (TPSA) is 29.1 Å². The van der Waals surface area contributed by atoms with E-state index in [0.717, 1.165) is 5.56 Å². The van der Waals surface area contributed by atoms with Crippen molar-refractivity contribution in [3.05, 3.63) is 60.2 Å². The summed E-state index contributed by atoms with van der Waals surface area (Å²) in [4.78, 5) is 12.0. The molecule has 0 atom stereocenters. The zero-order chi connectivity index (χ0) is 13.7. The van der Waals surface area contributed by atoms with Crippen molar-refractivity contribution in [1.29, 1.82) is 0 Å². The van der Waals surface area contributed by atoms with Crippen LogP contribution in [0, 0.1) is 11.3 Å². The molecule has 0 radical (unpaired) electrons. The number of hydrogen-bond donors (Lipinski definition) is 1. The Labute approximate surface area is 115 Å². The fraction of sp³-hybridized carbons (Fsp3) is 0.353. The lowest BCUT2D eigenvalue weighted by molar-refractivity contribution is -0.123. The van der Waals surface area contributed by atoms with Crippen LogP contribution in [-0.2, 0) is 11.3 Å². The maximum atomic E-state index is 12.0. The van der Waals surface area contributed by atoms with E-state index in [2.05, 4.69) is 31.3 Å². The van der Waals surface area contributed by atoms with E-state index in [1.165, 1.54) is 0 Å². The Bertz CT molecular complexity index is 473. The van der Waals surface area contributed by atoms with Gasteiger partial charge in [0.1, 0.15) is 0 Å². The molecule has 0 fully saturated rings. The summed E-state index contributed by atoms with van der Waals surface area (Å²) in [6.07, 6.45) is 8.96. The molecular weight excluding hydrogens is 234 g/mol. The quantitative estimate of drug-likeness (QED) is 0.857. The zero-order valence-electron chi connectivity index (χ0n) is 11.6. The number of carbonyl (C=O) groups is 1. The summed E-state index contributed by atoms with van der Waals surface area (Å²) >= 11 is 0. The maximum absolute atomic E-state index is 12.0. The molecule has 19 heavy (non-hydrogen) atoms. The summed E-state index contributed by atoms with van der Waals surface area (Å²) in [6.45, 7) is 4.88. The number of rotatable bonds is 5. The average Bonchev–Trinajstić information content (AvgIpc) is 2.92. The second-order valence-corrected chi connectivity index (χ2v) is 5.72. The molecule has 1 amide bonds. The van der Waals surface area contributed by atoms with E-state index in [-0.39, 0.29) is 11.3 Å². The molecule has 1 aromatic rings. The van der Waals surface area contributed by atoms with E-state index < -0.39 is 0 Å². The standard InChI is InChI=1S/C17H21NO/c1-17(2,15-10-6-7-11-15)12-16(19)18-13-14-8-4-3-5-9-14/h3-11,15H,12-13H2,1-2H3,(H,18,19). The minimum Gasteiger partial charge on any atom is -0.352 e. The third-order valence-corrected chi connectivity index (χ3v) is 3.60. The number of nitrogens with one attached hydrogen (secondary N) is 1. The average molecular weight is 255 g/mol. The third-order valence-electron chi connectivity index (χ3n) is 3.60. The normalized spacial score (nSPS) is 14.8. The molecular formula is C17H21NO. The van der Waals surface area contributed by atoms with Crippen LogP contribution in [0.5, 0.6) is 0 Å². The van der Waals surface area contributed by atoms with Crippen LogP contribution in [0.25, 0.3) is 0 Å². The van der Waals surface area contributed by atoms with Gasteiger partial charge in [-0.05, 0) is 11.0 Å². The Kier molecular flexibility index (Phi) is 4.20. The predicted molar refractivity (Wildman–Crippen MR) is 78.5 cm³/mol. The van der Waals surface area contributed by atoms with E-state index in [1.807, 2.05) is 42.5 Å². The lowest BCUT2D eigenvalue weighted by Gasteiger charge is -2.28. The fourth-order valence-electron chi connectivity index (χ4n) is 2.34. The minimum absolute atomic E-state index is 0.0374. The lowest BCUT2D eigenvalue weighted by atomic mass is 9.77. The van der Waals surface area contributed by atoms with Crippen molar-refractivity contribution in [2.75, 3.05) is 0 Å². The van der Waals surface area contributed by atoms with Crippen LogP contribution in [0.2, 0.25) is 0 Å². The Balaban J connectivity index is 1.84. The molecule has 1 aliphatic rings.